The SMILES string of the molecule is CCC(=O)NC1O[C@H](CO)[C@H](O)[C@H](O)[C@@H]1O. The summed E-state index contributed by atoms with van der Waals surface area (Å²) in [6.45, 7) is 1.11. The third-order valence-electron chi connectivity index (χ3n) is 2.52. The second kappa shape index (κ2) is 5.55. The minimum atomic E-state index is -1.46. The van der Waals surface area contributed by atoms with Crippen LogP contribution in [0.3, 0.4) is 0 Å². The fourth-order valence-corrected chi connectivity index (χ4v) is 1.48. The number of hydrogen-bond acceptors (Lipinski definition) is 6. The van der Waals surface area contributed by atoms with E-state index in [0.29, 0.717) is 0 Å². The Bertz CT molecular complexity index is 246. The monoisotopic (exact) mass is 235 g/mol. The summed E-state index contributed by atoms with van der Waals surface area (Å²) < 4.78 is 5.06. The number of ether oxygens (including phenoxy) is 1. The Morgan fingerprint density at radius 3 is 2.38 bits per heavy atom. The lowest BCUT2D eigenvalue weighted by Crippen LogP contribution is -2.63. The van der Waals surface area contributed by atoms with Crippen molar-refractivity contribution in [2.24, 2.45) is 0 Å². The van der Waals surface area contributed by atoms with Crippen LogP contribution >= 0.6 is 0 Å². The zero-order valence-corrected chi connectivity index (χ0v) is 8.91. The van der Waals surface area contributed by atoms with Crippen molar-refractivity contribution in [3.8, 4) is 0 Å². The average Bonchev–Trinajstić information content (AvgIpc) is 2.29. The second-order valence-electron chi connectivity index (χ2n) is 3.67. The third-order valence-corrected chi connectivity index (χ3v) is 2.52. The number of amides is 1. The lowest BCUT2D eigenvalue weighted by Gasteiger charge is -2.40. The van der Waals surface area contributed by atoms with Gasteiger partial charge in [0, 0.05) is 6.42 Å². The van der Waals surface area contributed by atoms with Crippen LogP contribution < -0.4 is 5.32 Å². The number of aliphatic hydroxyl groups excluding tert-OH is 4. The van der Waals surface area contributed by atoms with Crippen LogP contribution in [0.15, 0.2) is 0 Å². The minimum absolute atomic E-state index is 0.203. The Labute approximate surface area is 92.7 Å². The molecule has 1 amide bonds. The van der Waals surface area contributed by atoms with Gasteiger partial charge >= 0.3 is 0 Å². The van der Waals surface area contributed by atoms with E-state index in [1.807, 2.05) is 0 Å². The highest BCUT2D eigenvalue weighted by atomic mass is 16.6. The first-order valence-electron chi connectivity index (χ1n) is 5.11. The summed E-state index contributed by atoms with van der Waals surface area (Å²) in [5.74, 6) is -0.357. The third kappa shape index (κ3) is 2.69. The number of nitrogens with one attached hydrogen (secondary N) is 1. The van der Waals surface area contributed by atoms with Crippen LogP contribution in [-0.2, 0) is 9.53 Å². The maximum Gasteiger partial charge on any atom is 0.221 e. The van der Waals surface area contributed by atoms with Gasteiger partial charge in [-0.25, -0.2) is 0 Å². The van der Waals surface area contributed by atoms with Crippen LogP contribution in [0.2, 0.25) is 0 Å². The molecule has 0 aromatic rings. The molecular weight excluding hydrogens is 218 g/mol. The highest BCUT2D eigenvalue weighted by Gasteiger charge is 2.43. The molecular formula is C9H17NO6. The van der Waals surface area contributed by atoms with Gasteiger partial charge in [0.25, 0.3) is 0 Å². The lowest BCUT2D eigenvalue weighted by atomic mass is 9.98. The summed E-state index contributed by atoms with van der Waals surface area (Å²) in [6, 6.07) is 0. The van der Waals surface area contributed by atoms with Gasteiger partial charge < -0.3 is 30.5 Å². The maximum absolute atomic E-state index is 11.1. The fraction of sp³-hybridized carbons (Fsp3) is 0.889. The van der Waals surface area contributed by atoms with E-state index >= 15 is 0 Å². The van der Waals surface area contributed by atoms with E-state index in [9.17, 15) is 20.1 Å². The number of rotatable bonds is 3. The molecule has 0 spiro atoms. The molecule has 94 valence electrons. The van der Waals surface area contributed by atoms with Crippen molar-refractivity contribution in [2.75, 3.05) is 6.61 Å². The maximum atomic E-state index is 11.1. The number of hydrogen-bond donors (Lipinski definition) is 5. The molecule has 1 aliphatic rings. The van der Waals surface area contributed by atoms with Crippen molar-refractivity contribution in [3.05, 3.63) is 0 Å². The molecule has 0 aliphatic carbocycles. The van der Waals surface area contributed by atoms with Crippen LogP contribution in [0.1, 0.15) is 13.3 Å². The Morgan fingerprint density at radius 2 is 1.88 bits per heavy atom. The predicted octanol–water partition coefficient (Wildman–Crippen LogP) is -2.69. The van der Waals surface area contributed by atoms with Gasteiger partial charge in [-0.3, -0.25) is 4.79 Å². The molecule has 1 unspecified atom stereocenters. The van der Waals surface area contributed by atoms with Crippen LogP contribution in [-0.4, -0.2) is 63.6 Å². The molecule has 0 aromatic carbocycles. The molecule has 5 N–H and O–H groups in total. The highest BCUT2D eigenvalue weighted by molar-refractivity contribution is 5.75. The van der Waals surface area contributed by atoms with E-state index in [1.165, 1.54) is 0 Å². The summed E-state index contributed by atoms with van der Waals surface area (Å²) in [7, 11) is 0. The van der Waals surface area contributed by atoms with Crippen molar-refractivity contribution >= 4 is 5.91 Å². The number of aliphatic hydroxyl groups is 4. The van der Waals surface area contributed by atoms with Crippen molar-refractivity contribution in [1.29, 1.82) is 0 Å². The molecule has 1 saturated heterocycles. The quantitative estimate of drug-likeness (QED) is 0.363. The van der Waals surface area contributed by atoms with Crippen LogP contribution in [0.25, 0.3) is 0 Å². The molecule has 1 fully saturated rings. The van der Waals surface area contributed by atoms with Crippen LogP contribution in [0.4, 0.5) is 0 Å². The smallest absolute Gasteiger partial charge is 0.221 e. The Kier molecular flexibility index (Phi) is 4.63. The summed E-state index contributed by atoms with van der Waals surface area (Å²) in [4.78, 5) is 11.1. The highest BCUT2D eigenvalue weighted by Crippen LogP contribution is 2.19. The van der Waals surface area contributed by atoms with Gasteiger partial charge in [0.05, 0.1) is 6.61 Å². The van der Waals surface area contributed by atoms with E-state index < -0.39 is 37.3 Å². The van der Waals surface area contributed by atoms with Gasteiger partial charge in [0.2, 0.25) is 5.91 Å². The minimum Gasteiger partial charge on any atom is -0.394 e. The van der Waals surface area contributed by atoms with Crippen molar-refractivity contribution in [3.63, 3.8) is 0 Å². The second-order valence-corrected chi connectivity index (χ2v) is 3.67. The zero-order valence-electron chi connectivity index (χ0n) is 8.91. The van der Waals surface area contributed by atoms with E-state index in [4.69, 9.17) is 9.84 Å². The van der Waals surface area contributed by atoms with E-state index in [2.05, 4.69) is 5.32 Å². The molecule has 0 aromatic heterocycles. The molecule has 7 heteroatoms. The molecule has 1 rings (SSSR count). The van der Waals surface area contributed by atoms with E-state index in [-0.39, 0.29) is 12.3 Å². The summed E-state index contributed by atoms with van der Waals surface area (Å²) >= 11 is 0. The average molecular weight is 235 g/mol. The molecule has 0 bridgehead atoms. The first-order valence-corrected chi connectivity index (χ1v) is 5.11. The van der Waals surface area contributed by atoms with Crippen LogP contribution in [0, 0.1) is 0 Å². The standard InChI is InChI=1S/C9H17NO6/c1-2-5(12)10-9-8(15)7(14)6(13)4(3-11)16-9/h4,6-9,11,13-15H,2-3H2,1H3,(H,10,12)/t4-,6+,7+,8+,9?/m1/s1. The molecule has 1 aliphatic heterocycles. The Balaban J connectivity index is 2.67. The van der Waals surface area contributed by atoms with Crippen molar-refractivity contribution in [2.45, 2.75) is 44.0 Å². The van der Waals surface area contributed by atoms with Gasteiger partial charge in [-0.05, 0) is 0 Å². The number of carbonyl (C=O) groups is 1. The van der Waals surface area contributed by atoms with Gasteiger partial charge in [-0.2, -0.15) is 0 Å². The van der Waals surface area contributed by atoms with Crippen molar-refractivity contribution < 1.29 is 30.0 Å². The first kappa shape index (κ1) is 13.3. The van der Waals surface area contributed by atoms with E-state index in [1.54, 1.807) is 6.92 Å². The summed E-state index contributed by atoms with van der Waals surface area (Å²) in [5.41, 5.74) is 0. The molecule has 0 radical (unpaired) electrons. The topological polar surface area (TPSA) is 119 Å². The number of carbonyl (C=O) groups excluding carboxylic acids is 1. The largest absolute Gasteiger partial charge is 0.394 e. The molecule has 5 atom stereocenters. The van der Waals surface area contributed by atoms with Gasteiger partial charge in [-0.15, -0.1) is 0 Å². The summed E-state index contributed by atoms with van der Waals surface area (Å²) in [5, 5.41) is 39.6. The molecule has 7 nitrogen and oxygen atoms in total. The lowest BCUT2D eigenvalue weighted by molar-refractivity contribution is -0.235. The fourth-order valence-electron chi connectivity index (χ4n) is 1.48. The summed E-state index contributed by atoms with van der Waals surface area (Å²) in [6.07, 6.45) is -6.21. The predicted molar refractivity (Wildman–Crippen MR) is 52.2 cm³/mol. The molecule has 16 heavy (non-hydrogen) atoms. The van der Waals surface area contributed by atoms with Gasteiger partial charge in [0.1, 0.15) is 24.4 Å². The van der Waals surface area contributed by atoms with Crippen molar-refractivity contribution in [1.82, 2.24) is 5.32 Å². The first-order chi connectivity index (χ1) is 7.51. The normalized spacial score (nSPS) is 39.4. The zero-order chi connectivity index (χ0) is 12.3. The van der Waals surface area contributed by atoms with Gasteiger partial charge in [-0.1, -0.05) is 6.92 Å². The molecule has 0 saturated carbocycles. The van der Waals surface area contributed by atoms with Gasteiger partial charge in [0.15, 0.2) is 6.23 Å². The van der Waals surface area contributed by atoms with E-state index in [0.717, 1.165) is 0 Å². The Morgan fingerprint density at radius 1 is 1.25 bits per heavy atom. The van der Waals surface area contributed by atoms with Crippen LogP contribution in [0.5, 0.6) is 0 Å². The Hall–Kier alpha value is -0.730. The molecule has 1 heterocycles.